The van der Waals surface area contributed by atoms with E-state index in [-0.39, 0.29) is 67.7 Å². The van der Waals surface area contributed by atoms with Crippen molar-refractivity contribution in [2.45, 2.75) is 49.5 Å². The lowest BCUT2D eigenvalue weighted by Crippen LogP contribution is -2.56. The van der Waals surface area contributed by atoms with Crippen molar-refractivity contribution >= 4 is 68.8 Å². The molecule has 5 saturated heterocycles. The van der Waals surface area contributed by atoms with Gasteiger partial charge in [0.05, 0.1) is 36.5 Å². The van der Waals surface area contributed by atoms with Crippen molar-refractivity contribution < 1.29 is 46.7 Å². The number of piperazine rings is 1. The van der Waals surface area contributed by atoms with Crippen molar-refractivity contribution in [3.8, 4) is 0 Å². The lowest BCUT2D eigenvalue weighted by Gasteiger charge is -2.44. The molecule has 19 nitrogen and oxygen atoms in total. The van der Waals surface area contributed by atoms with Crippen molar-refractivity contribution in [1.82, 2.24) is 40.3 Å². The molecule has 9 rings (SSSR count). The Balaban J connectivity index is 0.719. The van der Waals surface area contributed by atoms with Crippen molar-refractivity contribution in [3.05, 3.63) is 101 Å². The van der Waals surface area contributed by atoms with E-state index in [2.05, 4.69) is 31.1 Å². The van der Waals surface area contributed by atoms with E-state index in [0.717, 1.165) is 53.4 Å². The van der Waals surface area contributed by atoms with Crippen LogP contribution in [0.3, 0.4) is 0 Å². The molecule has 21 heteroatoms. The second-order valence-corrected chi connectivity index (χ2v) is 21.4. The number of benzene rings is 3. The molecular formula is C47H55N9O10S2. The molecule has 0 spiro atoms. The van der Waals surface area contributed by atoms with Crippen LogP contribution < -0.4 is 26.2 Å². The molecule has 0 radical (unpaired) electrons. The Kier molecular flexibility index (Phi) is 14.0. The van der Waals surface area contributed by atoms with Gasteiger partial charge < -0.3 is 25.2 Å². The van der Waals surface area contributed by atoms with Crippen LogP contribution in [0.5, 0.6) is 0 Å². The van der Waals surface area contributed by atoms with E-state index in [9.17, 15) is 42.0 Å². The Morgan fingerprint density at radius 2 is 1.60 bits per heavy atom. The van der Waals surface area contributed by atoms with Crippen molar-refractivity contribution in [2.24, 2.45) is 11.8 Å². The number of imide groups is 2. The molecule has 3 aromatic carbocycles. The van der Waals surface area contributed by atoms with Crippen LogP contribution in [-0.4, -0.2) is 164 Å². The quantitative estimate of drug-likeness (QED) is 0.154. The van der Waals surface area contributed by atoms with E-state index in [4.69, 9.17) is 4.74 Å². The largest absolute Gasteiger partial charge is 0.374 e. The normalized spacial score (nSPS) is 24.2. The van der Waals surface area contributed by atoms with Gasteiger partial charge in [0, 0.05) is 94.3 Å². The molecule has 3 aromatic rings. The third-order valence-electron chi connectivity index (χ3n) is 13.6. The smallest absolute Gasteiger partial charge is 0.262 e. The van der Waals surface area contributed by atoms with E-state index in [1.165, 1.54) is 4.31 Å². The van der Waals surface area contributed by atoms with Crippen LogP contribution in [0.15, 0.2) is 72.8 Å². The van der Waals surface area contributed by atoms with Crippen LogP contribution in [0.25, 0.3) is 0 Å². The lowest BCUT2D eigenvalue weighted by molar-refractivity contribution is -0.136. The zero-order valence-corrected chi connectivity index (χ0v) is 39.3. The fourth-order valence-corrected chi connectivity index (χ4v) is 11.7. The minimum atomic E-state index is -3.45. The third-order valence-corrected chi connectivity index (χ3v) is 15.9. The number of piperidine rings is 1. The predicted octanol–water partition coefficient (Wildman–Crippen LogP) is 0.742. The Hall–Kier alpha value is -5.71. The zero-order chi connectivity index (χ0) is 47.7. The van der Waals surface area contributed by atoms with Crippen LogP contribution in [0.1, 0.15) is 67.5 Å². The van der Waals surface area contributed by atoms with Gasteiger partial charge >= 0.3 is 0 Å². The molecule has 6 aliphatic heterocycles. The van der Waals surface area contributed by atoms with Crippen molar-refractivity contribution in [2.75, 3.05) is 82.4 Å². The number of ether oxygens (including phenoxy) is 1. The summed E-state index contributed by atoms with van der Waals surface area (Å²) in [6, 6.07) is 20.2. The number of fused-ring (bicyclic) bond motifs is 1. The number of hydrogen-bond acceptors (Lipinski definition) is 14. The van der Waals surface area contributed by atoms with E-state index in [1.807, 2.05) is 53.4 Å². The molecule has 0 aliphatic carbocycles. The highest BCUT2D eigenvalue weighted by Crippen LogP contribution is 2.32. The average molecular weight is 970 g/mol. The third kappa shape index (κ3) is 10.5. The molecule has 68 heavy (non-hydrogen) atoms. The second kappa shape index (κ2) is 20.1. The van der Waals surface area contributed by atoms with E-state index < -0.39 is 63.5 Å². The van der Waals surface area contributed by atoms with Gasteiger partial charge in [-0.1, -0.05) is 42.5 Å². The number of rotatable bonds is 15. The minimum absolute atomic E-state index is 0.0445. The number of sulfonamides is 1. The summed E-state index contributed by atoms with van der Waals surface area (Å²) in [5, 5.41) is 11.4. The highest BCUT2D eigenvalue weighted by Gasteiger charge is 2.45. The fraction of sp³-hybridized carbons (Fsp3) is 0.468. The summed E-state index contributed by atoms with van der Waals surface area (Å²) >= 11 is 1.55. The van der Waals surface area contributed by atoms with Crippen molar-refractivity contribution in [3.63, 3.8) is 0 Å². The molecule has 0 aromatic heterocycles. The first-order chi connectivity index (χ1) is 32.7. The van der Waals surface area contributed by atoms with Gasteiger partial charge in [-0.05, 0) is 54.3 Å². The summed E-state index contributed by atoms with van der Waals surface area (Å²) in [4.78, 5) is 98.3. The highest BCUT2D eigenvalue weighted by molar-refractivity contribution is 8.00. The van der Waals surface area contributed by atoms with Gasteiger partial charge in [-0.25, -0.2) is 12.7 Å². The van der Waals surface area contributed by atoms with Gasteiger partial charge in [0.25, 0.3) is 17.7 Å². The second-order valence-electron chi connectivity index (χ2n) is 18.3. The summed E-state index contributed by atoms with van der Waals surface area (Å²) in [6.45, 7) is 5.39. The van der Waals surface area contributed by atoms with E-state index in [0.29, 0.717) is 44.1 Å². The molecule has 4 N–H and O–H groups in total. The van der Waals surface area contributed by atoms with Gasteiger partial charge in [0.15, 0.2) is 0 Å². The van der Waals surface area contributed by atoms with E-state index >= 15 is 0 Å². The molecule has 5 atom stereocenters. The number of nitrogens with zero attached hydrogens (tertiary/aromatic N) is 5. The van der Waals surface area contributed by atoms with Gasteiger partial charge in [-0.3, -0.25) is 54.0 Å². The Morgan fingerprint density at radius 1 is 0.868 bits per heavy atom. The summed E-state index contributed by atoms with van der Waals surface area (Å²) in [5.41, 5.74) is 3.38. The maximum atomic E-state index is 13.6. The highest BCUT2D eigenvalue weighted by atomic mass is 32.2. The van der Waals surface area contributed by atoms with Crippen LogP contribution in [0.4, 0.5) is 5.69 Å². The first-order valence-corrected chi connectivity index (χ1v) is 25.9. The lowest BCUT2D eigenvalue weighted by atomic mass is 9.97. The summed E-state index contributed by atoms with van der Waals surface area (Å²) < 4.78 is 31.4. The van der Waals surface area contributed by atoms with Crippen LogP contribution in [0.2, 0.25) is 0 Å². The number of thioether (sulfide) groups is 1. The standard InChI is InChI=1S/C47H55N9O10S2/c1-68(64,65)55-16-15-33(25-55)41(58)48-37(42(59)51-47-49-38(28-67-47)31-5-3-2-4-6-31)27-66-26-29-7-9-32(10-8-29)44(61)54-23-30(24-54)22-52-17-19-53(20-18-52)34-11-12-35-36(21-34)46(63)56(45(35)62)39-13-14-40(57)50-43(39)60/h2-12,21,30,33,37-39,47,49H,13-20,22-28H2,1H3,(H,48,58)(H,51,59)(H,50,57,60)/t33?,37-,38?,39?,47?/m0/s1. The number of carbonyl (C=O) groups is 7. The number of likely N-dealkylation sites (tertiary alicyclic amines) is 1. The number of nitrogens with one attached hydrogen (secondary N) is 4. The van der Waals surface area contributed by atoms with Crippen LogP contribution in [0, 0.1) is 11.8 Å². The van der Waals surface area contributed by atoms with Crippen LogP contribution in [-0.2, 0) is 40.5 Å². The summed E-state index contributed by atoms with van der Waals surface area (Å²) in [7, 11) is -3.45. The minimum Gasteiger partial charge on any atom is -0.374 e. The molecule has 0 bridgehead atoms. The van der Waals surface area contributed by atoms with Gasteiger partial charge in [0.2, 0.25) is 33.7 Å². The fourth-order valence-electron chi connectivity index (χ4n) is 9.66. The molecule has 0 saturated carbocycles. The predicted molar refractivity (Wildman–Crippen MR) is 250 cm³/mol. The Bertz CT molecular complexity index is 2570. The topological polar surface area (TPSA) is 227 Å². The van der Waals surface area contributed by atoms with Gasteiger partial charge in [-0.15, -0.1) is 11.8 Å². The van der Waals surface area contributed by atoms with Crippen LogP contribution >= 0.6 is 11.8 Å². The number of amides is 7. The average Bonchev–Trinajstić information content (AvgIpc) is 4.07. The Labute approximate surface area is 398 Å². The molecule has 360 valence electrons. The number of carbonyl (C=O) groups excluding carboxylic acids is 7. The molecule has 6 heterocycles. The SMILES string of the molecule is CS(=O)(=O)N1CCC(C(=O)N[C@@H](COCc2ccc(C(=O)N3CC(CN4CCN(c5ccc6c(c5)C(=O)N(C5CCC(=O)NC5=O)C6=O)CC4)C3)cc2)C(=O)NC2NC(c3ccccc3)CS2)C1. The van der Waals surface area contributed by atoms with Gasteiger partial charge in [-0.2, -0.15) is 0 Å². The van der Waals surface area contributed by atoms with Gasteiger partial charge in [0.1, 0.15) is 17.6 Å². The molecule has 7 amide bonds. The monoisotopic (exact) mass is 969 g/mol. The Morgan fingerprint density at radius 3 is 2.31 bits per heavy atom. The van der Waals surface area contributed by atoms with E-state index in [1.54, 1.807) is 36.0 Å². The first kappa shape index (κ1) is 47.4. The molecular weight excluding hydrogens is 915 g/mol. The molecule has 6 aliphatic rings. The zero-order valence-electron chi connectivity index (χ0n) is 37.6. The molecule has 5 fully saturated rings. The number of anilines is 1. The molecule has 4 unspecified atom stereocenters. The summed E-state index contributed by atoms with van der Waals surface area (Å²) in [6.07, 6.45) is 1.63. The van der Waals surface area contributed by atoms with Crippen molar-refractivity contribution in [1.29, 1.82) is 0 Å². The maximum absolute atomic E-state index is 13.6. The summed E-state index contributed by atoms with van der Waals surface area (Å²) in [5.74, 6) is -2.53. The number of hydrogen-bond donors (Lipinski definition) is 4. The maximum Gasteiger partial charge on any atom is 0.262 e. The first-order valence-electron chi connectivity index (χ1n) is 23.0.